The van der Waals surface area contributed by atoms with Crippen LogP contribution in [0.4, 0.5) is 0 Å². The summed E-state index contributed by atoms with van der Waals surface area (Å²) in [5, 5.41) is 0.839. The third-order valence-corrected chi connectivity index (χ3v) is 2.87. The Morgan fingerprint density at radius 1 is 1.42 bits per heavy atom. The summed E-state index contributed by atoms with van der Waals surface area (Å²) < 4.78 is 6.19. The molecule has 0 unspecified atom stereocenters. The molecule has 1 saturated heterocycles. The van der Waals surface area contributed by atoms with Crippen LogP contribution in [0.5, 0.6) is 0 Å². The lowest BCUT2D eigenvalue weighted by Crippen LogP contribution is -2.25. The highest BCUT2D eigenvalue weighted by Gasteiger charge is 2.22. The van der Waals surface area contributed by atoms with Crippen molar-refractivity contribution in [2.45, 2.75) is 5.92 Å². The van der Waals surface area contributed by atoms with Crippen molar-refractivity contribution < 1.29 is 4.74 Å². The molecule has 1 aliphatic rings. The Morgan fingerprint density at radius 3 is 2.75 bits per heavy atom. The Morgan fingerprint density at radius 2 is 2.17 bits per heavy atom. The average molecular weight is 248 g/mol. The first-order valence-corrected chi connectivity index (χ1v) is 4.97. The summed E-state index contributed by atoms with van der Waals surface area (Å²) in [6, 6.07) is 5.93. The van der Waals surface area contributed by atoms with Crippen LogP contribution in [-0.4, -0.2) is 13.2 Å². The van der Waals surface area contributed by atoms with E-state index < -0.39 is 0 Å². The van der Waals surface area contributed by atoms with Crippen molar-refractivity contribution in [1.82, 2.24) is 0 Å². The lowest BCUT2D eigenvalue weighted by Gasteiger charge is -2.27. The Bertz CT molecular complexity index is 297. The summed E-state index contributed by atoms with van der Waals surface area (Å²) in [5.41, 5.74) is 1.19. The van der Waals surface area contributed by atoms with E-state index in [2.05, 4.69) is 22.0 Å². The van der Waals surface area contributed by atoms with Crippen molar-refractivity contribution in [3.63, 3.8) is 0 Å². The summed E-state index contributed by atoms with van der Waals surface area (Å²) >= 11 is 9.45. The maximum absolute atomic E-state index is 6.03. The zero-order valence-electron chi connectivity index (χ0n) is 6.39. The van der Waals surface area contributed by atoms with Crippen molar-refractivity contribution in [3.8, 4) is 0 Å². The van der Waals surface area contributed by atoms with Gasteiger partial charge in [-0.05, 0) is 23.8 Å². The first-order chi connectivity index (χ1) is 5.77. The van der Waals surface area contributed by atoms with Gasteiger partial charge in [0, 0.05) is 15.4 Å². The lowest BCUT2D eigenvalue weighted by molar-refractivity contribution is 0.00844. The second-order valence-corrected chi connectivity index (χ2v) is 4.22. The molecular weight excluding hydrogens is 239 g/mol. The monoisotopic (exact) mass is 246 g/mol. The number of ether oxygens (including phenoxy) is 1. The third kappa shape index (κ3) is 1.51. The SMILES string of the molecule is Clc1ccc(Br)cc1C1COC1. The van der Waals surface area contributed by atoms with Gasteiger partial charge in [0.05, 0.1) is 13.2 Å². The molecule has 1 aromatic carbocycles. The number of halogens is 2. The van der Waals surface area contributed by atoms with Gasteiger partial charge in [-0.3, -0.25) is 0 Å². The number of hydrogen-bond acceptors (Lipinski definition) is 1. The van der Waals surface area contributed by atoms with Crippen LogP contribution >= 0.6 is 27.5 Å². The normalized spacial score (nSPS) is 17.5. The Kier molecular flexibility index (Phi) is 2.40. The van der Waals surface area contributed by atoms with E-state index in [1.165, 1.54) is 5.56 Å². The summed E-state index contributed by atoms with van der Waals surface area (Å²) in [5.74, 6) is 0.495. The largest absolute Gasteiger partial charge is 0.380 e. The van der Waals surface area contributed by atoms with Gasteiger partial charge in [-0.1, -0.05) is 27.5 Å². The smallest absolute Gasteiger partial charge is 0.0557 e. The van der Waals surface area contributed by atoms with Crippen LogP contribution in [0.25, 0.3) is 0 Å². The van der Waals surface area contributed by atoms with Crippen molar-refractivity contribution >= 4 is 27.5 Å². The molecule has 2 rings (SSSR count). The molecule has 0 N–H and O–H groups in total. The van der Waals surface area contributed by atoms with E-state index in [1.807, 2.05) is 12.1 Å². The van der Waals surface area contributed by atoms with Crippen molar-refractivity contribution in [3.05, 3.63) is 33.3 Å². The number of rotatable bonds is 1. The van der Waals surface area contributed by atoms with Crippen LogP contribution in [-0.2, 0) is 4.74 Å². The molecule has 0 aromatic heterocycles. The van der Waals surface area contributed by atoms with Crippen LogP contribution in [0, 0.1) is 0 Å². The fourth-order valence-electron chi connectivity index (χ4n) is 1.24. The van der Waals surface area contributed by atoms with Gasteiger partial charge < -0.3 is 4.74 Å². The fourth-order valence-corrected chi connectivity index (χ4v) is 1.89. The van der Waals surface area contributed by atoms with Gasteiger partial charge in [0.2, 0.25) is 0 Å². The van der Waals surface area contributed by atoms with Gasteiger partial charge in [0.15, 0.2) is 0 Å². The molecular formula is C9H8BrClO. The first kappa shape index (κ1) is 8.54. The van der Waals surface area contributed by atoms with Crippen LogP contribution in [0.15, 0.2) is 22.7 Å². The molecule has 0 spiro atoms. The molecule has 1 fully saturated rings. The highest BCUT2D eigenvalue weighted by molar-refractivity contribution is 9.10. The molecule has 12 heavy (non-hydrogen) atoms. The molecule has 64 valence electrons. The quantitative estimate of drug-likeness (QED) is 0.740. The van der Waals surface area contributed by atoms with E-state index in [1.54, 1.807) is 0 Å². The second kappa shape index (κ2) is 3.36. The maximum Gasteiger partial charge on any atom is 0.0557 e. The van der Waals surface area contributed by atoms with Crippen molar-refractivity contribution in [2.24, 2.45) is 0 Å². The van der Waals surface area contributed by atoms with E-state index in [4.69, 9.17) is 16.3 Å². The molecule has 0 atom stereocenters. The minimum Gasteiger partial charge on any atom is -0.380 e. The van der Waals surface area contributed by atoms with Gasteiger partial charge in [-0.15, -0.1) is 0 Å². The Hall–Kier alpha value is -0.0500. The Balaban J connectivity index is 2.34. The van der Waals surface area contributed by atoms with Crippen molar-refractivity contribution in [2.75, 3.05) is 13.2 Å². The minimum atomic E-state index is 0.495. The summed E-state index contributed by atoms with van der Waals surface area (Å²) in [7, 11) is 0. The van der Waals surface area contributed by atoms with E-state index in [9.17, 15) is 0 Å². The predicted molar refractivity (Wildman–Crippen MR) is 52.7 cm³/mol. The number of hydrogen-bond donors (Lipinski definition) is 0. The van der Waals surface area contributed by atoms with E-state index >= 15 is 0 Å². The number of benzene rings is 1. The zero-order valence-corrected chi connectivity index (χ0v) is 8.73. The topological polar surface area (TPSA) is 9.23 Å². The summed E-state index contributed by atoms with van der Waals surface area (Å²) in [6.45, 7) is 1.60. The molecule has 1 nitrogen and oxygen atoms in total. The van der Waals surface area contributed by atoms with Crippen LogP contribution in [0.3, 0.4) is 0 Å². The molecule has 1 heterocycles. The molecule has 0 amide bonds. The van der Waals surface area contributed by atoms with Gasteiger partial charge >= 0.3 is 0 Å². The van der Waals surface area contributed by atoms with E-state index in [0.717, 1.165) is 22.7 Å². The average Bonchev–Trinajstić information content (AvgIpc) is 1.93. The van der Waals surface area contributed by atoms with Crippen LogP contribution in [0.1, 0.15) is 11.5 Å². The highest BCUT2D eigenvalue weighted by Crippen LogP contribution is 2.31. The maximum atomic E-state index is 6.03. The second-order valence-electron chi connectivity index (χ2n) is 2.90. The fraction of sp³-hybridized carbons (Fsp3) is 0.333. The molecule has 1 aromatic rings. The van der Waals surface area contributed by atoms with Gasteiger partial charge in [-0.2, -0.15) is 0 Å². The molecule has 0 bridgehead atoms. The predicted octanol–water partition coefficient (Wildman–Crippen LogP) is 3.22. The van der Waals surface area contributed by atoms with Crippen LogP contribution in [0.2, 0.25) is 5.02 Å². The zero-order chi connectivity index (χ0) is 8.55. The molecule has 3 heteroatoms. The van der Waals surface area contributed by atoms with Gasteiger partial charge in [0.1, 0.15) is 0 Å². The van der Waals surface area contributed by atoms with Crippen LogP contribution < -0.4 is 0 Å². The molecule has 0 saturated carbocycles. The first-order valence-electron chi connectivity index (χ1n) is 3.80. The van der Waals surface area contributed by atoms with E-state index in [0.29, 0.717) is 5.92 Å². The van der Waals surface area contributed by atoms with E-state index in [-0.39, 0.29) is 0 Å². The Labute approximate surface area is 84.8 Å². The lowest BCUT2D eigenvalue weighted by atomic mass is 9.98. The minimum absolute atomic E-state index is 0.495. The summed E-state index contributed by atoms with van der Waals surface area (Å²) in [6.07, 6.45) is 0. The molecule has 0 aliphatic carbocycles. The van der Waals surface area contributed by atoms with Gasteiger partial charge in [-0.25, -0.2) is 0 Å². The van der Waals surface area contributed by atoms with Crippen molar-refractivity contribution in [1.29, 1.82) is 0 Å². The van der Waals surface area contributed by atoms with Gasteiger partial charge in [0.25, 0.3) is 0 Å². The summed E-state index contributed by atoms with van der Waals surface area (Å²) in [4.78, 5) is 0. The standard InChI is InChI=1S/C9H8BrClO/c10-7-1-2-9(11)8(3-7)6-4-12-5-6/h1-3,6H,4-5H2. The highest BCUT2D eigenvalue weighted by atomic mass is 79.9. The third-order valence-electron chi connectivity index (χ3n) is 2.04. The molecule has 0 radical (unpaired) electrons. The molecule has 1 aliphatic heterocycles.